The first kappa shape index (κ1) is 49.2. The van der Waals surface area contributed by atoms with Crippen LogP contribution in [0.1, 0.15) is 24.0 Å². The molecule has 316 valence electrons. The molecular weight excluding hydrogens is 855 g/mol. The Labute approximate surface area is 346 Å². The molecule has 0 spiro atoms. The van der Waals surface area contributed by atoms with Gasteiger partial charge in [-0.15, -0.1) is 36.4 Å². The Morgan fingerprint density at radius 1 is 0.737 bits per heavy atom. The number of methoxy groups -OCH3 is 2. The van der Waals surface area contributed by atoms with Crippen LogP contribution in [-0.2, 0) is 65.1 Å². The van der Waals surface area contributed by atoms with Crippen LogP contribution in [-0.4, -0.2) is 118 Å². The van der Waals surface area contributed by atoms with Crippen molar-refractivity contribution in [1.82, 2.24) is 9.80 Å². The smallest absolute Gasteiger partial charge is 0.410 e. The van der Waals surface area contributed by atoms with Crippen LogP contribution in [0.25, 0.3) is 0 Å². The SMILES string of the molecule is C=CC[C@@H]1[C@@H](C(=O)OC)N(C(=O)OCc2ccccc2)C[C@H]1OS(=O)(=O)CCl.C=CC[C@H]1[C@H](O)CN(C(=O)OCc2ccccc2)[C@@H]1C(=O)OC.O=S(=O)(Cl)CCl. The van der Waals surface area contributed by atoms with E-state index in [-0.39, 0.29) is 32.7 Å². The summed E-state index contributed by atoms with van der Waals surface area (Å²) in [6.07, 6.45) is 0.550. The Balaban J connectivity index is 0.000000349. The van der Waals surface area contributed by atoms with Gasteiger partial charge in [0.2, 0.25) is 9.05 Å². The molecule has 0 saturated carbocycles. The van der Waals surface area contributed by atoms with Gasteiger partial charge in [0.05, 0.1) is 33.4 Å². The predicted octanol–water partition coefficient (Wildman–Crippen LogP) is 4.77. The molecule has 0 aromatic heterocycles. The third kappa shape index (κ3) is 15.8. The average Bonchev–Trinajstić information content (AvgIpc) is 3.72. The monoisotopic (exact) mass is 898 g/mol. The minimum atomic E-state index is -4.01. The summed E-state index contributed by atoms with van der Waals surface area (Å²) in [4.78, 5) is 51.6. The van der Waals surface area contributed by atoms with E-state index in [0.29, 0.717) is 6.42 Å². The zero-order valence-electron chi connectivity index (χ0n) is 31.1. The van der Waals surface area contributed by atoms with Crippen LogP contribution >= 0.6 is 33.9 Å². The number of halogens is 3. The fraction of sp³-hybridized carbons (Fsp3) is 0.444. The number of nitrogens with zero attached hydrogens (tertiary/aromatic N) is 2. The summed E-state index contributed by atoms with van der Waals surface area (Å²) in [6, 6.07) is 16.3. The standard InChI is InChI=1S/C18H22ClNO7S.C17H21NO5.CH2Cl2O2S/c1-3-7-14-15(27-28(23,24)12-19)10-20(16(14)17(21)25-2)18(22)26-11-13-8-5-4-6-9-13;1-3-7-13-14(19)10-18(15(13)16(20)22-2)17(21)23-11-12-8-5-4-6-9-12;2-1-6(3,4)5/h3-6,8-9,14-16H,1,7,10-12H2,2H3;3-6,8-9,13-15,19H,1,7,10-11H2,2H3;1H2/t14-,15+,16-;13-,14+,15-;/m00./s1. The first-order valence-electron chi connectivity index (χ1n) is 16.9. The van der Waals surface area contributed by atoms with E-state index in [2.05, 4.69) is 23.8 Å². The van der Waals surface area contributed by atoms with Gasteiger partial charge >= 0.3 is 24.1 Å². The number of likely N-dealkylation sites (tertiary alicyclic amines) is 2. The number of alkyl halides is 2. The normalized spacial score (nSPS) is 21.4. The van der Waals surface area contributed by atoms with Crippen molar-refractivity contribution in [3.8, 4) is 0 Å². The molecular formula is C36H45Cl3N2O14S2. The van der Waals surface area contributed by atoms with Crippen LogP contribution in [0, 0.1) is 11.8 Å². The van der Waals surface area contributed by atoms with Crippen molar-refractivity contribution in [1.29, 1.82) is 0 Å². The van der Waals surface area contributed by atoms with Gasteiger partial charge in [-0.05, 0) is 24.0 Å². The van der Waals surface area contributed by atoms with E-state index in [9.17, 15) is 41.1 Å². The van der Waals surface area contributed by atoms with Crippen molar-refractivity contribution in [2.24, 2.45) is 11.8 Å². The molecule has 2 fully saturated rings. The highest BCUT2D eigenvalue weighted by Gasteiger charge is 2.51. The van der Waals surface area contributed by atoms with Crippen molar-refractivity contribution in [3.05, 3.63) is 97.1 Å². The number of benzene rings is 2. The second-order valence-electron chi connectivity index (χ2n) is 12.2. The zero-order valence-corrected chi connectivity index (χ0v) is 35.0. The number of aliphatic hydroxyl groups is 1. The summed E-state index contributed by atoms with van der Waals surface area (Å²) in [5, 5.41) is 8.87. The van der Waals surface area contributed by atoms with Crippen molar-refractivity contribution in [2.45, 2.75) is 50.3 Å². The van der Waals surface area contributed by atoms with E-state index in [0.717, 1.165) is 16.0 Å². The van der Waals surface area contributed by atoms with Gasteiger partial charge < -0.3 is 24.1 Å². The number of rotatable bonds is 14. The van der Waals surface area contributed by atoms with Gasteiger partial charge in [0.1, 0.15) is 41.8 Å². The van der Waals surface area contributed by atoms with Crippen LogP contribution in [0.2, 0.25) is 0 Å². The number of aliphatic hydroxyl groups excluding tert-OH is 1. The van der Waals surface area contributed by atoms with Crippen molar-refractivity contribution in [2.75, 3.05) is 37.7 Å². The Bertz CT molecular complexity index is 1860. The third-order valence-corrected chi connectivity index (χ3v) is 11.8. The highest BCUT2D eigenvalue weighted by Crippen LogP contribution is 2.33. The van der Waals surface area contributed by atoms with E-state index in [1.54, 1.807) is 30.3 Å². The number of β-amino-alcohol motifs (C(OH)–C–C–N with tert-alkyl or cyclic N) is 1. The number of hydrogen-bond donors (Lipinski definition) is 1. The van der Waals surface area contributed by atoms with Crippen molar-refractivity contribution in [3.63, 3.8) is 0 Å². The van der Waals surface area contributed by atoms with E-state index in [1.165, 1.54) is 25.2 Å². The number of ether oxygens (including phenoxy) is 4. The van der Waals surface area contributed by atoms with Gasteiger partial charge in [0, 0.05) is 22.5 Å². The van der Waals surface area contributed by atoms with Crippen molar-refractivity contribution >= 4 is 77.2 Å². The third-order valence-electron chi connectivity index (χ3n) is 8.39. The number of carbonyl (C=O) groups is 4. The molecule has 4 rings (SSSR count). The number of hydrogen-bond acceptors (Lipinski definition) is 14. The Kier molecular flexibility index (Phi) is 20.8. The van der Waals surface area contributed by atoms with Gasteiger partial charge in [-0.3, -0.25) is 14.0 Å². The lowest BCUT2D eigenvalue weighted by atomic mass is 9.94. The molecule has 2 aliphatic heterocycles. The summed E-state index contributed by atoms with van der Waals surface area (Å²) in [5.74, 6) is -2.38. The van der Waals surface area contributed by atoms with Crippen LogP contribution in [0.3, 0.4) is 0 Å². The molecule has 2 amide bonds. The molecule has 0 radical (unpaired) electrons. The number of amides is 2. The van der Waals surface area contributed by atoms with Crippen LogP contribution in [0.5, 0.6) is 0 Å². The molecule has 2 saturated heterocycles. The zero-order chi connectivity index (χ0) is 42.8. The van der Waals surface area contributed by atoms with Gasteiger partial charge in [0.15, 0.2) is 0 Å². The molecule has 2 aromatic carbocycles. The van der Waals surface area contributed by atoms with Crippen molar-refractivity contribution < 1.29 is 64.3 Å². The first-order valence-corrected chi connectivity index (χ1v) is 22.0. The van der Waals surface area contributed by atoms with E-state index in [4.69, 9.17) is 46.3 Å². The Morgan fingerprint density at radius 3 is 1.53 bits per heavy atom. The molecule has 2 aliphatic rings. The summed E-state index contributed by atoms with van der Waals surface area (Å²) in [6.45, 7) is 7.22. The minimum Gasteiger partial charge on any atom is -0.467 e. The molecule has 1 N–H and O–H groups in total. The maximum atomic E-state index is 12.6. The van der Waals surface area contributed by atoms with Crippen LogP contribution in [0.4, 0.5) is 9.59 Å². The lowest BCUT2D eigenvalue weighted by molar-refractivity contribution is -0.147. The highest BCUT2D eigenvalue weighted by molar-refractivity contribution is 8.14. The fourth-order valence-electron chi connectivity index (χ4n) is 5.86. The predicted molar refractivity (Wildman–Crippen MR) is 211 cm³/mol. The van der Waals surface area contributed by atoms with E-state index >= 15 is 0 Å². The average molecular weight is 900 g/mol. The molecule has 16 nitrogen and oxygen atoms in total. The lowest BCUT2D eigenvalue weighted by Crippen LogP contribution is -2.44. The number of esters is 2. The molecule has 2 aromatic rings. The molecule has 0 unspecified atom stereocenters. The van der Waals surface area contributed by atoms with E-state index in [1.807, 2.05) is 36.4 Å². The number of allylic oxidation sites excluding steroid dienone is 2. The largest absolute Gasteiger partial charge is 0.467 e. The van der Waals surface area contributed by atoms with Gasteiger partial charge in [-0.25, -0.2) is 27.6 Å². The summed E-state index contributed by atoms with van der Waals surface area (Å²) in [7, 11) is -0.440. The Morgan fingerprint density at radius 2 is 1.14 bits per heavy atom. The lowest BCUT2D eigenvalue weighted by Gasteiger charge is -2.24. The quantitative estimate of drug-likeness (QED) is 0.0677. The van der Waals surface area contributed by atoms with Gasteiger partial charge in [-0.1, -0.05) is 72.8 Å². The summed E-state index contributed by atoms with van der Waals surface area (Å²) < 4.78 is 68.1. The molecule has 57 heavy (non-hydrogen) atoms. The molecule has 6 atom stereocenters. The maximum Gasteiger partial charge on any atom is 0.410 e. The van der Waals surface area contributed by atoms with E-state index < -0.39 is 89.8 Å². The summed E-state index contributed by atoms with van der Waals surface area (Å²) >= 11 is 10.2. The second-order valence-corrected chi connectivity index (χ2v) is 17.8. The molecule has 0 bridgehead atoms. The highest BCUT2D eigenvalue weighted by atomic mass is 35.7. The topological polar surface area (TPSA) is 209 Å². The van der Waals surface area contributed by atoms with Crippen LogP contribution < -0.4 is 0 Å². The minimum absolute atomic E-state index is 0.00168. The first-order chi connectivity index (χ1) is 27.0. The molecule has 0 aliphatic carbocycles. The molecule has 2 heterocycles. The van der Waals surface area contributed by atoms with Gasteiger partial charge in [-0.2, -0.15) is 8.42 Å². The second kappa shape index (κ2) is 24.1. The fourth-order valence-corrected chi connectivity index (χ4v) is 6.65. The number of carbonyl (C=O) groups excluding carboxylic acids is 4. The molecule has 21 heteroatoms. The Hall–Kier alpha value is -3.91. The maximum absolute atomic E-state index is 12.6. The van der Waals surface area contributed by atoms with Gasteiger partial charge in [0.25, 0.3) is 10.1 Å². The summed E-state index contributed by atoms with van der Waals surface area (Å²) in [5.41, 5.74) is 1.61. The van der Waals surface area contributed by atoms with Crippen LogP contribution in [0.15, 0.2) is 86.0 Å².